The van der Waals surface area contributed by atoms with E-state index in [1.54, 1.807) is 6.20 Å². The summed E-state index contributed by atoms with van der Waals surface area (Å²) < 4.78 is 5.61. The maximum atomic E-state index is 6.19. The molecule has 0 amide bonds. The van der Waals surface area contributed by atoms with Crippen LogP contribution in [-0.4, -0.2) is 29.7 Å². The standard InChI is InChI=1S/C25H28N4O/c26-25-22(19-3-1-9-27-15-19)14-20(16-29-25)18-5-6-21(17-7-11-30-12-8-17)23(13-18)24-4-2-10-28-24/h1,3,5-6,9,13-17,24,28H,2,4,7-8,10-12H2,(H2,26,29)/t24-/m0/s1. The number of nitrogen functional groups attached to an aromatic ring is 1. The molecule has 2 aliphatic heterocycles. The topological polar surface area (TPSA) is 73.1 Å². The molecule has 0 saturated carbocycles. The number of pyridine rings is 2. The first-order valence-electron chi connectivity index (χ1n) is 10.9. The zero-order valence-corrected chi connectivity index (χ0v) is 17.2. The lowest BCUT2D eigenvalue weighted by atomic mass is 9.84. The first-order chi connectivity index (χ1) is 14.8. The summed E-state index contributed by atoms with van der Waals surface area (Å²) in [6.07, 6.45) is 10.1. The molecular weight excluding hydrogens is 372 g/mol. The number of aromatic nitrogens is 2. The van der Waals surface area contributed by atoms with Gasteiger partial charge in [-0.3, -0.25) is 4.98 Å². The van der Waals surface area contributed by atoms with E-state index >= 15 is 0 Å². The van der Waals surface area contributed by atoms with Crippen LogP contribution < -0.4 is 11.1 Å². The fraction of sp³-hybridized carbons (Fsp3) is 0.360. The molecule has 2 aromatic heterocycles. The minimum absolute atomic E-state index is 0.433. The molecule has 5 heteroatoms. The van der Waals surface area contributed by atoms with E-state index in [1.807, 2.05) is 24.5 Å². The molecule has 3 aromatic rings. The first-order valence-corrected chi connectivity index (χ1v) is 10.9. The maximum absolute atomic E-state index is 6.19. The molecule has 5 nitrogen and oxygen atoms in total. The number of ether oxygens (including phenoxy) is 1. The van der Waals surface area contributed by atoms with E-state index in [4.69, 9.17) is 10.5 Å². The van der Waals surface area contributed by atoms with Gasteiger partial charge in [-0.15, -0.1) is 0 Å². The third-order valence-corrected chi connectivity index (χ3v) is 6.41. The summed E-state index contributed by atoms with van der Waals surface area (Å²) in [5.74, 6) is 1.11. The molecule has 0 radical (unpaired) electrons. The molecule has 0 bridgehead atoms. The van der Waals surface area contributed by atoms with Crippen molar-refractivity contribution >= 4 is 5.82 Å². The van der Waals surface area contributed by atoms with Crippen LogP contribution in [0.2, 0.25) is 0 Å². The zero-order chi connectivity index (χ0) is 20.3. The molecule has 154 valence electrons. The van der Waals surface area contributed by atoms with Gasteiger partial charge in [-0.2, -0.15) is 0 Å². The Balaban J connectivity index is 1.55. The molecular formula is C25H28N4O. The van der Waals surface area contributed by atoms with E-state index in [1.165, 1.54) is 29.5 Å². The van der Waals surface area contributed by atoms with Crippen LogP contribution in [0.25, 0.3) is 22.3 Å². The number of anilines is 1. The predicted octanol–water partition coefficient (Wildman–Crippen LogP) is 4.71. The zero-order valence-electron chi connectivity index (χ0n) is 17.2. The van der Waals surface area contributed by atoms with Gasteiger partial charge < -0.3 is 15.8 Å². The van der Waals surface area contributed by atoms with Gasteiger partial charge in [-0.1, -0.05) is 18.2 Å². The van der Waals surface area contributed by atoms with Crippen molar-refractivity contribution in [2.75, 3.05) is 25.5 Å². The first kappa shape index (κ1) is 19.2. The second kappa shape index (κ2) is 8.54. The fourth-order valence-corrected chi connectivity index (χ4v) is 4.77. The van der Waals surface area contributed by atoms with Crippen molar-refractivity contribution in [1.29, 1.82) is 0 Å². The van der Waals surface area contributed by atoms with Crippen LogP contribution in [-0.2, 0) is 4.74 Å². The van der Waals surface area contributed by atoms with Crippen molar-refractivity contribution < 1.29 is 4.74 Å². The van der Waals surface area contributed by atoms with Gasteiger partial charge in [0, 0.05) is 54.5 Å². The van der Waals surface area contributed by atoms with Crippen molar-refractivity contribution in [1.82, 2.24) is 15.3 Å². The molecule has 2 fully saturated rings. The van der Waals surface area contributed by atoms with E-state index < -0.39 is 0 Å². The summed E-state index contributed by atoms with van der Waals surface area (Å²) in [4.78, 5) is 8.72. The van der Waals surface area contributed by atoms with Crippen LogP contribution in [0, 0.1) is 0 Å². The van der Waals surface area contributed by atoms with E-state index in [9.17, 15) is 0 Å². The minimum atomic E-state index is 0.433. The summed E-state index contributed by atoms with van der Waals surface area (Å²) >= 11 is 0. The number of benzene rings is 1. The Kier molecular flexibility index (Phi) is 5.47. The van der Waals surface area contributed by atoms with Gasteiger partial charge >= 0.3 is 0 Å². The number of hydrogen-bond donors (Lipinski definition) is 2. The average molecular weight is 401 g/mol. The quantitative estimate of drug-likeness (QED) is 0.663. The smallest absolute Gasteiger partial charge is 0.131 e. The van der Waals surface area contributed by atoms with Gasteiger partial charge in [-0.25, -0.2) is 4.98 Å². The number of nitrogens with one attached hydrogen (secondary N) is 1. The number of nitrogens with zero attached hydrogens (tertiary/aromatic N) is 2. The number of hydrogen-bond acceptors (Lipinski definition) is 5. The third-order valence-electron chi connectivity index (χ3n) is 6.41. The van der Waals surface area contributed by atoms with Gasteiger partial charge in [0.2, 0.25) is 0 Å². The largest absolute Gasteiger partial charge is 0.383 e. The second-order valence-electron chi connectivity index (χ2n) is 8.28. The fourth-order valence-electron chi connectivity index (χ4n) is 4.77. The monoisotopic (exact) mass is 400 g/mol. The number of rotatable bonds is 4. The predicted molar refractivity (Wildman–Crippen MR) is 120 cm³/mol. The SMILES string of the molecule is Nc1ncc(-c2ccc(C3CCOCC3)c([C@@H]3CCCN3)c2)cc1-c1cccnc1. The van der Waals surface area contributed by atoms with Crippen LogP contribution >= 0.6 is 0 Å². The normalized spacial score (nSPS) is 19.8. The lowest BCUT2D eigenvalue weighted by molar-refractivity contribution is 0.0851. The molecule has 0 aliphatic carbocycles. The van der Waals surface area contributed by atoms with Crippen molar-refractivity contribution in [3.63, 3.8) is 0 Å². The molecule has 1 aromatic carbocycles. The molecule has 2 aliphatic rings. The summed E-state index contributed by atoms with van der Waals surface area (Å²) in [5.41, 5.74) is 13.3. The molecule has 30 heavy (non-hydrogen) atoms. The van der Waals surface area contributed by atoms with Gasteiger partial charge in [0.15, 0.2) is 0 Å². The lowest BCUT2D eigenvalue weighted by Crippen LogP contribution is -2.19. The molecule has 0 spiro atoms. The molecule has 1 atom stereocenters. The Bertz CT molecular complexity index is 1010. The Labute approximate surface area is 177 Å². The Morgan fingerprint density at radius 1 is 0.933 bits per heavy atom. The Morgan fingerprint density at radius 2 is 1.83 bits per heavy atom. The van der Waals surface area contributed by atoms with Crippen LogP contribution in [0.4, 0.5) is 5.82 Å². The van der Waals surface area contributed by atoms with Gasteiger partial charge in [0.1, 0.15) is 5.82 Å². The second-order valence-corrected chi connectivity index (χ2v) is 8.28. The van der Waals surface area contributed by atoms with Crippen molar-refractivity contribution in [3.05, 3.63) is 66.1 Å². The highest BCUT2D eigenvalue weighted by Gasteiger charge is 2.25. The van der Waals surface area contributed by atoms with Crippen molar-refractivity contribution in [2.45, 2.75) is 37.6 Å². The molecule has 5 rings (SSSR count). The van der Waals surface area contributed by atoms with Crippen LogP contribution in [0.3, 0.4) is 0 Å². The Morgan fingerprint density at radius 3 is 2.60 bits per heavy atom. The van der Waals surface area contributed by atoms with E-state index in [0.29, 0.717) is 17.8 Å². The van der Waals surface area contributed by atoms with E-state index in [2.05, 4.69) is 39.6 Å². The van der Waals surface area contributed by atoms with Gasteiger partial charge in [0.05, 0.1) is 0 Å². The van der Waals surface area contributed by atoms with Crippen LogP contribution in [0.5, 0.6) is 0 Å². The van der Waals surface area contributed by atoms with E-state index in [-0.39, 0.29) is 0 Å². The highest BCUT2D eigenvalue weighted by Crippen LogP contribution is 2.38. The summed E-state index contributed by atoms with van der Waals surface area (Å²) in [7, 11) is 0. The highest BCUT2D eigenvalue weighted by atomic mass is 16.5. The van der Waals surface area contributed by atoms with E-state index in [0.717, 1.165) is 49.3 Å². The van der Waals surface area contributed by atoms with Gasteiger partial charge in [-0.05, 0) is 73.0 Å². The third kappa shape index (κ3) is 3.83. The molecule has 0 unspecified atom stereocenters. The molecule has 3 N–H and O–H groups in total. The maximum Gasteiger partial charge on any atom is 0.131 e. The summed E-state index contributed by atoms with van der Waals surface area (Å²) in [6.45, 7) is 2.82. The van der Waals surface area contributed by atoms with Crippen molar-refractivity contribution in [2.24, 2.45) is 0 Å². The van der Waals surface area contributed by atoms with Crippen LogP contribution in [0.15, 0.2) is 55.0 Å². The summed E-state index contributed by atoms with van der Waals surface area (Å²) in [5, 5.41) is 3.70. The molecule has 4 heterocycles. The van der Waals surface area contributed by atoms with Crippen LogP contribution in [0.1, 0.15) is 48.8 Å². The Hall–Kier alpha value is -2.76. The lowest BCUT2D eigenvalue weighted by Gasteiger charge is -2.27. The van der Waals surface area contributed by atoms with Crippen molar-refractivity contribution in [3.8, 4) is 22.3 Å². The highest BCUT2D eigenvalue weighted by molar-refractivity contribution is 5.79. The molecule has 2 saturated heterocycles. The number of nitrogens with two attached hydrogens (primary N) is 1. The average Bonchev–Trinajstić information content (AvgIpc) is 3.35. The minimum Gasteiger partial charge on any atom is -0.383 e. The summed E-state index contributed by atoms with van der Waals surface area (Å²) in [6, 6.07) is 13.5. The van der Waals surface area contributed by atoms with Gasteiger partial charge in [0.25, 0.3) is 0 Å².